The summed E-state index contributed by atoms with van der Waals surface area (Å²) in [5, 5.41) is 9.20. The molecule has 0 aromatic heterocycles. The van der Waals surface area contributed by atoms with E-state index in [1.807, 2.05) is 6.07 Å². The van der Waals surface area contributed by atoms with Gasteiger partial charge in [0.05, 0.1) is 12.7 Å². The normalized spacial score (nSPS) is 11.9. The fourth-order valence-corrected chi connectivity index (χ4v) is 3.51. The van der Waals surface area contributed by atoms with Crippen molar-refractivity contribution in [1.82, 2.24) is 0 Å². The van der Waals surface area contributed by atoms with Crippen LogP contribution >= 0.6 is 0 Å². The highest BCUT2D eigenvalue weighted by molar-refractivity contribution is 5.90. The predicted molar refractivity (Wildman–Crippen MR) is 121 cm³/mol. The molecule has 2 aromatic rings. The maximum Gasteiger partial charge on any atom is 0.339 e. The van der Waals surface area contributed by atoms with Crippen LogP contribution in [0.2, 0.25) is 0 Å². The fraction of sp³-hybridized carbons (Fsp3) is 0.500. The Bertz CT molecular complexity index is 714. The minimum Gasteiger partial charge on any atom is -0.493 e. The number of carboxylic acid groups (broad SMARTS) is 1. The van der Waals surface area contributed by atoms with Gasteiger partial charge in [-0.15, -0.1) is 0 Å². The van der Waals surface area contributed by atoms with E-state index in [1.165, 1.54) is 24.8 Å². The van der Waals surface area contributed by atoms with E-state index in [2.05, 4.69) is 31.2 Å². The Balaban J connectivity index is 1.66. The average molecular weight is 413 g/mol. The summed E-state index contributed by atoms with van der Waals surface area (Å²) in [6.07, 6.45) is 10.3. The van der Waals surface area contributed by atoms with Gasteiger partial charge in [0.25, 0.3) is 0 Å². The predicted octanol–water partition coefficient (Wildman–Crippen LogP) is 7.05. The second-order valence-corrected chi connectivity index (χ2v) is 7.68. The number of carbonyl (C=O) groups is 1. The Kier molecular flexibility index (Phi) is 11.7. The maximum atomic E-state index is 11.2. The van der Waals surface area contributed by atoms with Crippen molar-refractivity contribution in [1.29, 1.82) is 0 Å². The molecule has 0 bridgehead atoms. The molecule has 2 aromatic carbocycles. The molecule has 4 heteroatoms. The SMILES string of the molecule is CCCCCCOC(CCCCCCOc1ccccc1C(=O)O)c1ccccc1. The van der Waals surface area contributed by atoms with Crippen LogP contribution in [0.15, 0.2) is 54.6 Å². The lowest BCUT2D eigenvalue weighted by molar-refractivity contribution is 0.0421. The van der Waals surface area contributed by atoms with Gasteiger partial charge in [-0.2, -0.15) is 0 Å². The zero-order valence-electron chi connectivity index (χ0n) is 18.2. The summed E-state index contributed by atoms with van der Waals surface area (Å²) in [7, 11) is 0. The largest absolute Gasteiger partial charge is 0.493 e. The van der Waals surface area contributed by atoms with Gasteiger partial charge in [0, 0.05) is 6.61 Å². The van der Waals surface area contributed by atoms with E-state index >= 15 is 0 Å². The zero-order valence-corrected chi connectivity index (χ0v) is 18.2. The van der Waals surface area contributed by atoms with Crippen LogP contribution in [-0.2, 0) is 4.74 Å². The highest BCUT2D eigenvalue weighted by Gasteiger charge is 2.12. The molecule has 30 heavy (non-hydrogen) atoms. The fourth-order valence-electron chi connectivity index (χ4n) is 3.51. The van der Waals surface area contributed by atoms with Gasteiger partial charge in [0.2, 0.25) is 0 Å². The highest BCUT2D eigenvalue weighted by Crippen LogP contribution is 2.25. The molecule has 0 aliphatic heterocycles. The van der Waals surface area contributed by atoms with Crippen LogP contribution in [0.3, 0.4) is 0 Å². The molecule has 0 radical (unpaired) electrons. The Morgan fingerprint density at radius 3 is 2.27 bits per heavy atom. The van der Waals surface area contributed by atoms with Crippen LogP contribution in [0, 0.1) is 0 Å². The quantitative estimate of drug-likeness (QED) is 0.300. The standard InChI is InChI=1S/C26H36O4/c1-2-3-4-13-20-29-24(22-15-8-7-9-16-22)18-10-5-6-14-21-30-25-19-12-11-17-23(25)26(27)28/h7-9,11-12,15-17,19,24H,2-6,10,13-14,18,20-21H2,1H3,(H,27,28). The maximum absolute atomic E-state index is 11.2. The van der Waals surface area contributed by atoms with Crippen LogP contribution in [-0.4, -0.2) is 24.3 Å². The van der Waals surface area contributed by atoms with Crippen LogP contribution in [0.4, 0.5) is 0 Å². The summed E-state index contributed by atoms with van der Waals surface area (Å²) < 4.78 is 11.9. The molecule has 0 aliphatic carbocycles. The second-order valence-electron chi connectivity index (χ2n) is 7.68. The number of ether oxygens (including phenoxy) is 2. The Hall–Kier alpha value is -2.33. The molecule has 0 saturated carbocycles. The van der Waals surface area contributed by atoms with Crippen molar-refractivity contribution in [3.8, 4) is 5.75 Å². The minimum atomic E-state index is -0.952. The number of para-hydroxylation sites is 1. The van der Waals surface area contributed by atoms with Crippen molar-refractivity contribution >= 4 is 5.97 Å². The number of carboxylic acids is 1. The number of benzene rings is 2. The first-order valence-electron chi connectivity index (χ1n) is 11.3. The third-order valence-electron chi connectivity index (χ3n) is 5.22. The van der Waals surface area contributed by atoms with Gasteiger partial charge in [0.15, 0.2) is 0 Å². The molecule has 4 nitrogen and oxygen atoms in total. The summed E-state index contributed by atoms with van der Waals surface area (Å²) >= 11 is 0. The van der Waals surface area contributed by atoms with Gasteiger partial charge in [0.1, 0.15) is 11.3 Å². The molecule has 0 fully saturated rings. The number of unbranched alkanes of at least 4 members (excludes halogenated alkanes) is 6. The first-order valence-corrected chi connectivity index (χ1v) is 11.3. The minimum absolute atomic E-state index is 0.173. The monoisotopic (exact) mass is 412 g/mol. The Morgan fingerprint density at radius 2 is 1.50 bits per heavy atom. The van der Waals surface area contributed by atoms with E-state index < -0.39 is 5.97 Å². The van der Waals surface area contributed by atoms with E-state index in [0.717, 1.165) is 45.1 Å². The average Bonchev–Trinajstić information content (AvgIpc) is 2.77. The van der Waals surface area contributed by atoms with Crippen molar-refractivity contribution in [3.63, 3.8) is 0 Å². The van der Waals surface area contributed by atoms with Gasteiger partial charge in [-0.1, -0.05) is 87.9 Å². The molecule has 1 N–H and O–H groups in total. The summed E-state index contributed by atoms with van der Waals surface area (Å²) in [4.78, 5) is 11.2. The van der Waals surface area contributed by atoms with Crippen LogP contribution in [0.1, 0.15) is 86.7 Å². The van der Waals surface area contributed by atoms with Gasteiger partial charge < -0.3 is 14.6 Å². The topological polar surface area (TPSA) is 55.8 Å². The molecular formula is C26H36O4. The number of hydrogen-bond donors (Lipinski definition) is 1. The van der Waals surface area contributed by atoms with Gasteiger partial charge in [-0.05, 0) is 37.0 Å². The first kappa shape index (κ1) is 23.9. The van der Waals surface area contributed by atoms with E-state index in [1.54, 1.807) is 24.3 Å². The molecule has 0 heterocycles. The van der Waals surface area contributed by atoms with Gasteiger partial charge in [-0.3, -0.25) is 0 Å². The van der Waals surface area contributed by atoms with Crippen molar-refractivity contribution in [3.05, 3.63) is 65.7 Å². The molecule has 0 amide bonds. The Labute approximate surface area is 181 Å². The second kappa shape index (κ2) is 14.6. The molecule has 1 unspecified atom stereocenters. The van der Waals surface area contributed by atoms with Crippen molar-refractivity contribution in [2.24, 2.45) is 0 Å². The lowest BCUT2D eigenvalue weighted by atomic mass is 10.0. The molecule has 1 atom stereocenters. The third kappa shape index (κ3) is 9.00. The summed E-state index contributed by atoms with van der Waals surface area (Å²) in [6.45, 7) is 3.60. The Morgan fingerprint density at radius 1 is 0.833 bits per heavy atom. The van der Waals surface area contributed by atoms with Crippen LogP contribution in [0.5, 0.6) is 5.75 Å². The van der Waals surface area contributed by atoms with E-state index in [0.29, 0.717) is 12.4 Å². The van der Waals surface area contributed by atoms with Gasteiger partial charge in [-0.25, -0.2) is 4.79 Å². The smallest absolute Gasteiger partial charge is 0.339 e. The van der Waals surface area contributed by atoms with Crippen molar-refractivity contribution in [2.45, 2.75) is 70.8 Å². The number of aromatic carboxylic acids is 1. The van der Waals surface area contributed by atoms with Crippen molar-refractivity contribution < 1.29 is 19.4 Å². The molecular weight excluding hydrogens is 376 g/mol. The zero-order chi connectivity index (χ0) is 21.4. The molecule has 0 saturated heterocycles. The number of hydrogen-bond acceptors (Lipinski definition) is 3. The molecule has 164 valence electrons. The summed E-state index contributed by atoms with van der Waals surface area (Å²) in [5.41, 5.74) is 1.49. The van der Waals surface area contributed by atoms with E-state index in [9.17, 15) is 9.90 Å². The van der Waals surface area contributed by atoms with Crippen LogP contribution in [0.25, 0.3) is 0 Å². The summed E-state index contributed by atoms with van der Waals surface area (Å²) in [6, 6.07) is 17.3. The first-order chi connectivity index (χ1) is 14.7. The molecule has 2 rings (SSSR count). The van der Waals surface area contributed by atoms with E-state index in [-0.39, 0.29) is 11.7 Å². The van der Waals surface area contributed by atoms with E-state index in [4.69, 9.17) is 9.47 Å². The van der Waals surface area contributed by atoms with Crippen LogP contribution < -0.4 is 4.74 Å². The molecule has 0 spiro atoms. The van der Waals surface area contributed by atoms with Crippen molar-refractivity contribution in [2.75, 3.05) is 13.2 Å². The molecule has 0 aliphatic rings. The van der Waals surface area contributed by atoms with Gasteiger partial charge >= 0.3 is 5.97 Å². The lowest BCUT2D eigenvalue weighted by Gasteiger charge is -2.18. The lowest BCUT2D eigenvalue weighted by Crippen LogP contribution is -2.06. The number of rotatable bonds is 16. The highest BCUT2D eigenvalue weighted by atomic mass is 16.5. The third-order valence-corrected chi connectivity index (χ3v) is 5.22. The summed E-state index contributed by atoms with van der Waals surface area (Å²) in [5.74, 6) is -0.502.